The molecule has 0 saturated carbocycles. The zero-order chi connectivity index (χ0) is 23.2. The van der Waals surface area contributed by atoms with Crippen LogP contribution in [0.5, 0.6) is 0 Å². The third-order valence-electron chi connectivity index (χ3n) is 6.49. The SMILES string of the molecule is c1ccc(-c2ccc(-c3nc4ccccc4nc3-c3cccc4sc5ccccc5c34)cc2)cc1. The van der Waals surface area contributed by atoms with E-state index in [0.29, 0.717) is 0 Å². The Morgan fingerprint density at radius 3 is 1.83 bits per heavy atom. The van der Waals surface area contributed by atoms with Crippen molar-refractivity contribution in [3.63, 3.8) is 0 Å². The number of rotatable bonds is 3. The Labute approximate surface area is 207 Å². The lowest BCUT2D eigenvalue weighted by Gasteiger charge is -2.12. The molecule has 0 aliphatic heterocycles. The Bertz CT molecular complexity index is 1830. The molecule has 164 valence electrons. The summed E-state index contributed by atoms with van der Waals surface area (Å²) in [7, 11) is 0. The van der Waals surface area contributed by atoms with E-state index >= 15 is 0 Å². The van der Waals surface area contributed by atoms with E-state index < -0.39 is 0 Å². The van der Waals surface area contributed by atoms with Gasteiger partial charge in [0.05, 0.1) is 22.4 Å². The van der Waals surface area contributed by atoms with Gasteiger partial charge in [0.1, 0.15) is 0 Å². The second kappa shape index (κ2) is 8.15. The summed E-state index contributed by atoms with van der Waals surface area (Å²) in [6, 6.07) is 42.4. The van der Waals surface area contributed by atoms with Crippen molar-refractivity contribution in [2.45, 2.75) is 0 Å². The lowest BCUT2D eigenvalue weighted by molar-refractivity contribution is 1.30. The van der Waals surface area contributed by atoms with Crippen LogP contribution in [0.25, 0.3) is 64.8 Å². The summed E-state index contributed by atoms with van der Waals surface area (Å²) in [5.41, 5.74) is 8.23. The molecule has 7 aromatic rings. The van der Waals surface area contributed by atoms with Crippen LogP contribution in [0.3, 0.4) is 0 Å². The summed E-state index contributed by atoms with van der Waals surface area (Å²) in [5, 5.41) is 2.52. The van der Waals surface area contributed by atoms with Crippen molar-refractivity contribution in [3.05, 3.63) is 121 Å². The first-order chi connectivity index (χ1) is 17.3. The maximum Gasteiger partial charge on any atom is 0.0979 e. The minimum absolute atomic E-state index is 0.903. The Kier molecular flexibility index (Phi) is 4.68. The van der Waals surface area contributed by atoms with E-state index in [2.05, 4.69) is 91.0 Å². The van der Waals surface area contributed by atoms with E-state index in [-0.39, 0.29) is 0 Å². The van der Waals surface area contributed by atoms with Crippen LogP contribution in [-0.2, 0) is 0 Å². The van der Waals surface area contributed by atoms with Crippen LogP contribution in [0.4, 0.5) is 0 Å². The molecule has 5 aromatic carbocycles. The molecular formula is C32H20N2S. The standard InChI is InChI=1S/C32H20N2S/c1-2-9-21(10-3-1)22-17-19-23(20-18-22)31-32(34-27-14-6-5-13-26(27)33-31)25-12-8-16-29-30(25)24-11-4-7-15-28(24)35-29/h1-20H. The molecule has 35 heavy (non-hydrogen) atoms. The molecule has 0 aliphatic rings. The highest BCUT2D eigenvalue weighted by Gasteiger charge is 2.18. The topological polar surface area (TPSA) is 25.8 Å². The van der Waals surface area contributed by atoms with E-state index in [9.17, 15) is 0 Å². The number of nitrogens with zero attached hydrogens (tertiary/aromatic N) is 2. The van der Waals surface area contributed by atoms with Crippen LogP contribution in [0.1, 0.15) is 0 Å². The van der Waals surface area contributed by atoms with Gasteiger partial charge in [-0.3, -0.25) is 0 Å². The summed E-state index contributed by atoms with van der Waals surface area (Å²) >= 11 is 1.83. The molecule has 0 saturated heterocycles. The summed E-state index contributed by atoms with van der Waals surface area (Å²) in [4.78, 5) is 10.3. The highest BCUT2D eigenvalue weighted by Crippen LogP contribution is 2.42. The molecule has 0 spiro atoms. The van der Waals surface area contributed by atoms with Crippen LogP contribution in [0, 0.1) is 0 Å². The molecule has 2 aromatic heterocycles. The van der Waals surface area contributed by atoms with Gasteiger partial charge in [0, 0.05) is 31.3 Å². The van der Waals surface area contributed by atoms with Crippen LogP contribution >= 0.6 is 11.3 Å². The molecule has 0 fully saturated rings. The van der Waals surface area contributed by atoms with E-state index in [1.54, 1.807) is 0 Å². The first-order valence-corrected chi connectivity index (χ1v) is 12.5. The summed E-state index contributed by atoms with van der Waals surface area (Å²) in [6.45, 7) is 0. The first-order valence-electron chi connectivity index (χ1n) is 11.7. The molecule has 0 atom stereocenters. The fourth-order valence-electron chi connectivity index (χ4n) is 4.81. The largest absolute Gasteiger partial charge is 0.244 e. The highest BCUT2D eigenvalue weighted by molar-refractivity contribution is 7.25. The van der Waals surface area contributed by atoms with Crippen molar-refractivity contribution < 1.29 is 0 Å². The first kappa shape index (κ1) is 20.1. The summed E-state index contributed by atoms with van der Waals surface area (Å²) in [5.74, 6) is 0. The summed E-state index contributed by atoms with van der Waals surface area (Å²) in [6.07, 6.45) is 0. The van der Waals surface area contributed by atoms with Crippen LogP contribution in [0.15, 0.2) is 121 Å². The van der Waals surface area contributed by atoms with Gasteiger partial charge in [-0.25, -0.2) is 9.97 Å². The quantitative estimate of drug-likeness (QED) is 0.261. The van der Waals surface area contributed by atoms with E-state index in [1.165, 1.54) is 31.3 Å². The Hall–Kier alpha value is -4.34. The highest BCUT2D eigenvalue weighted by atomic mass is 32.1. The minimum Gasteiger partial charge on any atom is -0.244 e. The lowest BCUT2D eigenvalue weighted by atomic mass is 9.97. The monoisotopic (exact) mass is 464 g/mol. The van der Waals surface area contributed by atoms with Gasteiger partial charge in [0.25, 0.3) is 0 Å². The van der Waals surface area contributed by atoms with Gasteiger partial charge < -0.3 is 0 Å². The molecule has 0 unspecified atom stereocenters. The number of aromatic nitrogens is 2. The van der Waals surface area contributed by atoms with Crippen molar-refractivity contribution in [2.24, 2.45) is 0 Å². The average Bonchev–Trinajstić information content (AvgIpc) is 3.32. The Morgan fingerprint density at radius 1 is 0.429 bits per heavy atom. The smallest absolute Gasteiger partial charge is 0.0979 e. The predicted molar refractivity (Wildman–Crippen MR) is 149 cm³/mol. The number of para-hydroxylation sites is 2. The van der Waals surface area contributed by atoms with Gasteiger partial charge in [-0.1, -0.05) is 97.1 Å². The fourth-order valence-corrected chi connectivity index (χ4v) is 5.94. The van der Waals surface area contributed by atoms with Crippen molar-refractivity contribution >= 4 is 42.5 Å². The number of hydrogen-bond acceptors (Lipinski definition) is 3. The lowest BCUT2D eigenvalue weighted by Crippen LogP contribution is -1.96. The molecule has 0 amide bonds. The maximum atomic E-state index is 5.18. The summed E-state index contributed by atoms with van der Waals surface area (Å²) < 4.78 is 2.56. The molecular weight excluding hydrogens is 444 g/mol. The van der Waals surface area contributed by atoms with Crippen LogP contribution < -0.4 is 0 Å². The third-order valence-corrected chi connectivity index (χ3v) is 7.63. The van der Waals surface area contributed by atoms with E-state index in [0.717, 1.165) is 33.5 Å². The van der Waals surface area contributed by atoms with Gasteiger partial charge in [-0.2, -0.15) is 0 Å². The van der Waals surface area contributed by atoms with Crippen molar-refractivity contribution in [2.75, 3.05) is 0 Å². The van der Waals surface area contributed by atoms with Crippen LogP contribution in [0.2, 0.25) is 0 Å². The zero-order valence-corrected chi connectivity index (χ0v) is 19.7. The second-order valence-electron chi connectivity index (χ2n) is 8.63. The number of benzene rings is 5. The van der Waals surface area contributed by atoms with Crippen LogP contribution in [-0.4, -0.2) is 9.97 Å². The predicted octanol–water partition coefficient (Wildman–Crippen LogP) is 9.00. The number of hydrogen-bond donors (Lipinski definition) is 0. The van der Waals surface area contributed by atoms with Crippen molar-refractivity contribution in [3.8, 4) is 33.6 Å². The molecule has 0 bridgehead atoms. The Morgan fingerprint density at radius 2 is 1.03 bits per heavy atom. The number of fused-ring (bicyclic) bond motifs is 4. The number of thiophene rings is 1. The van der Waals surface area contributed by atoms with E-state index in [1.807, 2.05) is 41.7 Å². The van der Waals surface area contributed by atoms with E-state index in [4.69, 9.17) is 9.97 Å². The van der Waals surface area contributed by atoms with Gasteiger partial charge in [0.15, 0.2) is 0 Å². The van der Waals surface area contributed by atoms with Gasteiger partial charge >= 0.3 is 0 Å². The van der Waals surface area contributed by atoms with Gasteiger partial charge in [-0.15, -0.1) is 11.3 Å². The average molecular weight is 465 g/mol. The molecule has 0 N–H and O–H groups in total. The van der Waals surface area contributed by atoms with Crippen molar-refractivity contribution in [1.82, 2.24) is 9.97 Å². The minimum atomic E-state index is 0.903. The molecule has 7 rings (SSSR count). The third kappa shape index (κ3) is 3.40. The maximum absolute atomic E-state index is 5.18. The molecule has 0 radical (unpaired) electrons. The van der Waals surface area contributed by atoms with Gasteiger partial charge in [0.2, 0.25) is 0 Å². The zero-order valence-electron chi connectivity index (χ0n) is 18.8. The second-order valence-corrected chi connectivity index (χ2v) is 9.71. The Balaban J connectivity index is 1.49. The van der Waals surface area contributed by atoms with Gasteiger partial charge in [-0.05, 0) is 35.4 Å². The van der Waals surface area contributed by atoms with Crippen molar-refractivity contribution in [1.29, 1.82) is 0 Å². The molecule has 2 nitrogen and oxygen atoms in total. The molecule has 3 heteroatoms. The molecule has 0 aliphatic carbocycles. The fraction of sp³-hybridized carbons (Fsp3) is 0. The normalized spacial score (nSPS) is 11.4. The molecule has 2 heterocycles.